The maximum absolute atomic E-state index is 4.35. The third-order valence-corrected chi connectivity index (χ3v) is 3.08. The average Bonchev–Trinajstić information content (AvgIpc) is 2.86. The summed E-state index contributed by atoms with van der Waals surface area (Å²) in [5.74, 6) is 2.91. The van der Waals surface area contributed by atoms with E-state index >= 15 is 0 Å². The largest absolute Gasteiger partial charge is 0.370 e. The van der Waals surface area contributed by atoms with Crippen LogP contribution in [0, 0.1) is 0 Å². The van der Waals surface area contributed by atoms with Gasteiger partial charge in [0.15, 0.2) is 0 Å². The van der Waals surface area contributed by atoms with Gasteiger partial charge < -0.3 is 14.8 Å². The van der Waals surface area contributed by atoms with Crippen molar-refractivity contribution in [2.45, 2.75) is 20.0 Å². The van der Waals surface area contributed by atoms with Gasteiger partial charge in [-0.15, -0.1) is 0 Å². The van der Waals surface area contributed by atoms with E-state index in [0.29, 0.717) is 0 Å². The molecule has 94 valence electrons. The van der Waals surface area contributed by atoms with Crippen molar-refractivity contribution in [2.75, 3.05) is 23.3 Å². The summed E-state index contributed by atoms with van der Waals surface area (Å²) in [5.41, 5.74) is 0. The summed E-state index contributed by atoms with van der Waals surface area (Å²) in [4.78, 5) is 15.1. The molecule has 2 aromatic heterocycles. The second-order valence-corrected chi connectivity index (χ2v) is 4.25. The van der Waals surface area contributed by atoms with Gasteiger partial charge in [0, 0.05) is 38.1 Å². The molecule has 0 saturated heterocycles. The molecule has 0 atom stereocenters. The Bertz CT molecular complexity index is 535. The van der Waals surface area contributed by atoms with Crippen molar-refractivity contribution < 1.29 is 0 Å². The number of anilines is 2. The summed E-state index contributed by atoms with van der Waals surface area (Å²) in [6.07, 6.45) is 5.48. The van der Waals surface area contributed by atoms with Crippen molar-refractivity contribution in [3.63, 3.8) is 0 Å². The van der Waals surface area contributed by atoms with E-state index in [0.717, 1.165) is 43.6 Å². The summed E-state index contributed by atoms with van der Waals surface area (Å²) >= 11 is 0. The van der Waals surface area contributed by atoms with Crippen LogP contribution in [0.1, 0.15) is 12.7 Å². The predicted molar refractivity (Wildman–Crippen MR) is 69.5 cm³/mol. The van der Waals surface area contributed by atoms with Gasteiger partial charge in [-0.1, -0.05) is 0 Å². The number of fused-ring (bicyclic) bond motifs is 1. The Morgan fingerprint density at radius 3 is 3.11 bits per heavy atom. The predicted octanol–water partition coefficient (Wildman–Crippen LogP) is 1.13. The molecule has 18 heavy (non-hydrogen) atoms. The van der Waals surface area contributed by atoms with E-state index in [2.05, 4.69) is 36.7 Å². The molecule has 2 aromatic rings. The molecule has 6 nitrogen and oxygen atoms in total. The lowest BCUT2D eigenvalue weighted by Gasteiger charge is -2.28. The van der Waals surface area contributed by atoms with Crippen LogP contribution in [0.2, 0.25) is 0 Å². The first-order chi connectivity index (χ1) is 8.86. The number of nitrogens with zero attached hydrogens (tertiary/aromatic N) is 5. The highest BCUT2D eigenvalue weighted by Gasteiger charge is 2.17. The lowest BCUT2D eigenvalue weighted by molar-refractivity contribution is 0.556. The first-order valence-electron chi connectivity index (χ1n) is 6.17. The van der Waals surface area contributed by atoms with E-state index in [-0.39, 0.29) is 0 Å². The minimum atomic E-state index is 0.801. The van der Waals surface area contributed by atoms with Crippen molar-refractivity contribution in [3.05, 3.63) is 30.6 Å². The number of rotatable bonds is 3. The molecule has 0 fully saturated rings. The zero-order chi connectivity index (χ0) is 12.4. The van der Waals surface area contributed by atoms with Crippen molar-refractivity contribution in [2.24, 2.45) is 0 Å². The quantitative estimate of drug-likeness (QED) is 0.877. The second kappa shape index (κ2) is 4.64. The third-order valence-electron chi connectivity index (χ3n) is 3.08. The second-order valence-electron chi connectivity index (χ2n) is 4.25. The number of imidazole rings is 1. The minimum absolute atomic E-state index is 0.801. The average molecular weight is 244 g/mol. The molecular formula is C12H16N6. The van der Waals surface area contributed by atoms with E-state index in [1.54, 1.807) is 6.33 Å². The Hall–Kier alpha value is -2.11. The molecule has 0 spiro atoms. The molecular weight excluding hydrogens is 228 g/mol. The Balaban J connectivity index is 1.81. The Kier molecular flexibility index (Phi) is 2.84. The molecule has 0 aromatic carbocycles. The van der Waals surface area contributed by atoms with E-state index in [1.165, 1.54) is 0 Å². The first kappa shape index (κ1) is 11.0. The fraction of sp³-hybridized carbons (Fsp3) is 0.417. The molecule has 6 heteroatoms. The van der Waals surface area contributed by atoms with Crippen molar-refractivity contribution in [1.82, 2.24) is 19.5 Å². The van der Waals surface area contributed by atoms with Gasteiger partial charge in [0.1, 0.15) is 23.8 Å². The Labute approximate surface area is 106 Å². The molecule has 0 saturated carbocycles. The van der Waals surface area contributed by atoms with E-state index in [4.69, 9.17) is 0 Å². The minimum Gasteiger partial charge on any atom is -0.370 e. The van der Waals surface area contributed by atoms with Gasteiger partial charge in [0.25, 0.3) is 0 Å². The monoisotopic (exact) mass is 244 g/mol. The van der Waals surface area contributed by atoms with Crippen LogP contribution in [0.3, 0.4) is 0 Å². The molecule has 3 heterocycles. The standard InChI is InChI=1S/C12H16N6/c1-2-13-10-7-11(16-9-15-10)18-6-5-17-4-3-14-12(17)8-18/h3-4,7,9H,2,5-6,8H2,1H3,(H,13,15,16). The SMILES string of the molecule is CCNc1cc(N2CCn3ccnc3C2)ncn1. The molecule has 1 aliphatic rings. The molecule has 0 amide bonds. The number of hydrogen-bond acceptors (Lipinski definition) is 5. The molecule has 1 aliphatic heterocycles. The van der Waals surface area contributed by atoms with Crippen LogP contribution in [0.5, 0.6) is 0 Å². The van der Waals surface area contributed by atoms with Gasteiger partial charge in [-0.2, -0.15) is 0 Å². The third kappa shape index (κ3) is 2.01. The lowest BCUT2D eigenvalue weighted by Crippen LogP contribution is -2.34. The summed E-state index contributed by atoms with van der Waals surface area (Å²) in [6, 6.07) is 1.99. The maximum atomic E-state index is 4.35. The summed E-state index contributed by atoms with van der Waals surface area (Å²) < 4.78 is 2.18. The van der Waals surface area contributed by atoms with Crippen molar-refractivity contribution >= 4 is 11.6 Å². The Morgan fingerprint density at radius 2 is 2.22 bits per heavy atom. The summed E-state index contributed by atoms with van der Waals surface area (Å²) in [5, 5.41) is 3.20. The molecule has 1 N–H and O–H groups in total. The number of aromatic nitrogens is 4. The van der Waals surface area contributed by atoms with Gasteiger partial charge in [-0.25, -0.2) is 15.0 Å². The van der Waals surface area contributed by atoms with Crippen LogP contribution in [0.4, 0.5) is 11.6 Å². The molecule has 0 aliphatic carbocycles. The van der Waals surface area contributed by atoms with Crippen LogP contribution in [0.25, 0.3) is 0 Å². The zero-order valence-electron chi connectivity index (χ0n) is 10.4. The highest BCUT2D eigenvalue weighted by Crippen LogP contribution is 2.19. The van der Waals surface area contributed by atoms with Crippen LogP contribution in [-0.4, -0.2) is 32.6 Å². The highest BCUT2D eigenvalue weighted by molar-refractivity contribution is 5.48. The van der Waals surface area contributed by atoms with E-state index < -0.39 is 0 Å². The maximum Gasteiger partial charge on any atom is 0.134 e. The first-order valence-corrected chi connectivity index (χ1v) is 6.17. The van der Waals surface area contributed by atoms with Crippen LogP contribution >= 0.6 is 0 Å². The lowest BCUT2D eigenvalue weighted by atomic mass is 10.3. The van der Waals surface area contributed by atoms with E-state index in [9.17, 15) is 0 Å². The van der Waals surface area contributed by atoms with Crippen molar-refractivity contribution in [3.8, 4) is 0 Å². The smallest absolute Gasteiger partial charge is 0.134 e. The summed E-state index contributed by atoms with van der Waals surface area (Å²) in [6.45, 7) is 5.62. The van der Waals surface area contributed by atoms with Gasteiger partial charge in [0.05, 0.1) is 6.54 Å². The number of hydrogen-bond donors (Lipinski definition) is 1. The van der Waals surface area contributed by atoms with Gasteiger partial charge in [0.2, 0.25) is 0 Å². The van der Waals surface area contributed by atoms with Gasteiger partial charge in [-0.3, -0.25) is 0 Å². The van der Waals surface area contributed by atoms with E-state index in [1.807, 2.05) is 18.5 Å². The Morgan fingerprint density at radius 1 is 1.28 bits per heavy atom. The molecule has 0 radical (unpaired) electrons. The van der Waals surface area contributed by atoms with Crippen molar-refractivity contribution in [1.29, 1.82) is 0 Å². The summed E-state index contributed by atoms with van der Waals surface area (Å²) in [7, 11) is 0. The zero-order valence-corrected chi connectivity index (χ0v) is 10.4. The normalized spacial score (nSPS) is 14.4. The van der Waals surface area contributed by atoms with Gasteiger partial charge in [-0.05, 0) is 6.92 Å². The molecule has 0 unspecified atom stereocenters. The van der Waals surface area contributed by atoms with Gasteiger partial charge >= 0.3 is 0 Å². The topological polar surface area (TPSA) is 58.9 Å². The van der Waals surface area contributed by atoms with Crippen LogP contribution in [0.15, 0.2) is 24.8 Å². The highest BCUT2D eigenvalue weighted by atomic mass is 15.3. The number of nitrogens with one attached hydrogen (secondary N) is 1. The van der Waals surface area contributed by atoms with Crippen LogP contribution < -0.4 is 10.2 Å². The fourth-order valence-corrected chi connectivity index (χ4v) is 2.17. The molecule has 0 bridgehead atoms. The van der Waals surface area contributed by atoms with Crippen LogP contribution in [-0.2, 0) is 13.1 Å². The fourth-order valence-electron chi connectivity index (χ4n) is 2.17. The molecule has 3 rings (SSSR count).